The highest BCUT2D eigenvalue weighted by Crippen LogP contribution is 2.38. The number of hydrogen-bond donors (Lipinski definition) is 0. The topological polar surface area (TPSA) is 0 Å². The van der Waals surface area contributed by atoms with Crippen LogP contribution in [0.4, 0.5) is 0 Å². The van der Waals surface area contributed by atoms with Crippen molar-refractivity contribution in [2.45, 2.75) is 51.8 Å². The first-order chi connectivity index (χ1) is 8.48. The van der Waals surface area contributed by atoms with Crippen LogP contribution in [0.3, 0.4) is 0 Å². The summed E-state index contributed by atoms with van der Waals surface area (Å²) in [6, 6.07) is 8.99. The van der Waals surface area contributed by atoms with Crippen LogP contribution < -0.4 is 0 Å². The minimum absolute atomic E-state index is 0.207. The first kappa shape index (κ1) is 13.7. The van der Waals surface area contributed by atoms with Gasteiger partial charge in [-0.1, -0.05) is 56.7 Å². The number of halogens is 1. The number of alkyl halides is 1. The molecule has 1 atom stereocenters. The van der Waals surface area contributed by atoms with E-state index < -0.39 is 0 Å². The fraction of sp³-hybridized carbons (Fsp3) is 0.529. The molecule has 0 bridgehead atoms. The van der Waals surface area contributed by atoms with Gasteiger partial charge < -0.3 is 0 Å². The second-order valence-electron chi connectivity index (χ2n) is 6.23. The Labute approximate surface area is 116 Å². The summed E-state index contributed by atoms with van der Waals surface area (Å²) >= 11 is 6.33. The Morgan fingerprint density at radius 3 is 2.33 bits per heavy atom. The van der Waals surface area contributed by atoms with E-state index in [0.717, 1.165) is 19.3 Å². The SMILES string of the molecule is CCc1ccc(CC2=CC(Cl)CC(C)(C)C2)cc1. The van der Waals surface area contributed by atoms with Crippen molar-refractivity contribution in [3.8, 4) is 0 Å². The summed E-state index contributed by atoms with van der Waals surface area (Å²) in [7, 11) is 0. The molecule has 0 saturated carbocycles. The van der Waals surface area contributed by atoms with Crippen molar-refractivity contribution in [3.05, 3.63) is 47.0 Å². The monoisotopic (exact) mass is 262 g/mol. The largest absolute Gasteiger partial charge is 0.118 e. The molecule has 1 aromatic carbocycles. The van der Waals surface area contributed by atoms with Gasteiger partial charge in [0.05, 0.1) is 5.38 Å². The summed E-state index contributed by atoms with van der Waals surface area (Å²) in [5.74, 6) is 0. The van der Waals surface area contributed by atoms with E-state index in [1.807, 2.05) is 0 Å². The van der Waals surface area contributed by atoms with Crippen LogP contribution in [0.15, 0.2) is 35.9 Å². The first-order valence-electron chi connectivity index (χ1n) is 6.90. The Balaban J connectivity index is 2.08. The number of allylic oxidation sites excluding steroid dienone is 2. The molecule has 0 amide bonds. The molecule has 0 radical (unpaired) electrons. The van der Waals surface area contributed by atoms with Gasteiger partial charge in [-0.25, -0.2) is 0 Å². The van der Waals surface area contributed by atoms with Crippen molar-refractivity contribution in [1.82, 2.24) is 0 Å². The molecule has 0 nitrogen and oxygen atoms in total. The van der Waals surface area contributed by atoms with Gasteiger partial charge in [0.25, 0.3) is 0 Å². The molecule has 1 aromatic rings. The Bertz CT molecular complexity index is 425. The molecule has 2 rings (SSSR count). The van der Waals surface area contributed by atoms with Crippen LogP contribution in [0.2, 0.25) is 0 Å². The van der Waals surface area contributed by atoms with Crippen LogP contribution in [0.5, 0.6) is 0 Å². The molecule has 98 valence electrons. The van der Waals surface area contributed by atoms with Crippen molar-refractivity contribution in [2.24, 2.45) is 5.41 Å². The molecule has 0 saturated heterocycles. The third-order valence-corrected chi connectivity index (χ3v) is 4.01. The summed E-state index contributed by atoms with van der Waals surface area (Å²) in [6.07, 6.45) is 6.69. The normalized spacial score (nSPS) is 22.7. The van der Waals surface area contributed by atoms with E-state index in [1.54, 1.807) is 0 Å². The summed E-state index contributed by atoms with van der Waals surface area (Å²) in [5.41, 5.74) is 4.65. The van der Waals surface area contributed by atoms with Crippen LogP contribution in [-0.4, -0.2) is 5.38 Å². The van der Waals surface area contributed by atoms with Crippen molar-refractivity contribution < 1.29 is 0 Å². The van der Waals surface area contributed by atoms with E-state index >= 15 is 0 Å². The molecule has 1 aliphatic carbocycles. The first-order valence-corrected chi connectivity index (χ1v) is 7.33. The van der Waals surface area contributed by atoms with E-state index in [2.05, 4.69) is 51.1 Å². The van der Waals surface area contributed by atoms with Crippen LogP contribution in [0.1, 0.15) is 44.7 Å². The van der Waals surface area contributed by atoms with Crippen LogP contribution in [0.25, 0.3) is 0 Å². The number of rotatable bonds is 3. The molecule has 0 spiro atoms. The molecular weight excluding hydrogens is 240 g/mol. The van der Waals surface area contributed by atoms with Gasteiger partial charge in [0.2, 0.25) is 0 Å². The maximum atomic E-state index is 6.33. The van der Waals surface area contributed by atoms with E-state index in [-0.39, 0.29) is 5.38 Å². The molecule has 0 heterocycles. The summed E-state index contributed by atoms with van der Waals surface area (Å²) in [4.78, 5) is 0. The third kappa shape index (κ3) is 3.62. The van der Waals surface area contributed by atoms with Gasteiger partial charge in [0.15, 0.2) is 0 Å². The highest BCUT2D eigenvalue weighted by molar-refractivity contribution is 6.21. The summed E-state index contributed by atoms with van der Waals surface area (Å²) < 4.78 is 0. The average molecular weight is 263 g/mol. The minimum Gasteiger partial charge on any atom is -0.118 e. The summed E-state index contributed by atoms with van der Waals surface area (Å²) in [5, 5.41) is 0.207. The van der Waals surface area contributed by atoms with Gasteiger partial charge in [-0.05, 0) is 42.2 Å². The van der Waals surface area contributed by atoms with Crippen molar-refractivity contribution in [2.75, 3.05) is 0 Å². The lowest BCUT2D eigenvalue weighted by Gasteiger charge is -2.32. The van der Waals surface area contributed by atoms with Crippen molar-refractivity contribution in [3.63, 3.8) is 0 Å². The average Bonchev–Trinajstić information content (AvgIpc) is 2.27. The summed E-state index contributed by atoms with van der Waals surface area (Å²) in [6.45, 7) is 6.82. The third-order valence-electron chi connectivity index (χ3n) is 3.73. The highest BCUT2D eigenvalue weighted by Gasteiger charge is 2.27. The van der Waals surface area contributed by atoms with Crippen LogP contribution in [-0.2, 0) is 12.8 Å². The van der Waals surface area contributed by atoms with Crippen molar-refractivity contribution in [1.29, 1.82) is 0 Å². The highest BCUT2D eigenvalue weighted by atomic mass is 35.5. The molecule has 18 heavy (non-hydrogen) atoms. The Morgan fingerprint density at radius 2 is 1.78 bits per heavy atom. The fourth-order valence-corrected chi connectivity index (χ4v) is 3.46. The maximum absolute atomic E-state index is 6.33. The Hall–Kier alpha value is -0.750. The van der Waals surface area contributed by atoms with Gasteiger partial charge >= 0.3 is 0 Å². The second kappa shape index (κ2) is 5.48. The van der Waals surface area contributed by atoms with E-state index in [4.69, 9.17) is 11.6 Å². The van der Waals surface area contributed by atoms with Gasteiger partial charge in [-0.15, -0.1) is 11.6 Å². The standard InChI is InChI=1S/C17H23Cl/c1-4-13-5-7-14(8-6-13)9-15-10-16(18)12-17(2,3)11-15/h5-8,10,16H,4,9,11-12H2,1-3H3. The quantitative estimate of drug-likeness (QED) is 0.522. The lowest BCUT2D eigenvalue weighted by atomic mass is 9.76. The molecule has 0 aliphatic heterocycles. The molecular formula is C17H23Cl. The van der Waals surface area contributed by atoms with Gasteiger partial charge in [-0.3, -0.25) is 0 Å². The van der Waals surface area contributed by atoms with E-state index in [1.165, 1.54) is 23.1 Å². The molecule has 0 N–H and O–H groups in total. The molecule has 0 aromatic heterocycles. The zero-order chi connectivity index (χ0) is 13.2. The molecule has 0 fully saturated rings. The van der Waals surface area contributed by atoms with Crippen LogP contribution in [0, 0.1) is 5.41 Å². The van der Waals surface area contributed by atoms with Crippen molar-refractivity contribution >= 4 is 11.6 Å². The zero-order valence-corrected chi connectivity index (χ0v) is 12.4. The predicted molar refractivity (Wildman–Crippen MR) is 80.3 cm³/mol. The fourth-order valence-electron chi connectivity index (χ4n) is 2.86. The zero-order valence-electron chi connectivity index (χ0n) is 11.7. The van der Waals surface area contributed by atoms with E-state index in [9.17, 15) is 0 Å². The smallest absolute Gasteiger partial charge is 0.0523 e. The number of hydrogen-bond acceptors (Lipinski definition) is 0. The van der Waals surface area contributed by atoms with Gasteiger partial charge in [0.1, 0.15) is 0 Å². The predicted octanol–water partition coefficient (Wildman–Crippen LogP) is 5.15. The molecule has 1 heteroatoms. The van der Waals surface area contributed by atoms with Gasteiger partial charge in [-0.2, -0.15) is 0 Å². The molecule has 1 unspecified atom stereocenters. The Kier molecular flexibility index (Phi) is 4.17. The lowest BCUT2D eigenvalue weighted by molar-refractivity contribution is 0.320. The van der Waals surface area contributed by atoms with E-state index in [0.29, 0.717) is 5.41 Å². The van der Waals surface area contributed by atoms with Crippen LogP contribution >= 0.6 is 11.6 Å². The van der Waals surface area contributed by atoms with Gasteiger partial charge in [0, 0.05) is 0 Å². The number of aryl methyl sites for hydroxylation is 1. The second-order valence-corrected chi connectivity index (χ2v) is 6.79. The Morgan fingerprint density at radius 1 is 1.17 bits per heavy atom. The lowest BCUT2D eigenvalue weighted by Crippen LogP contribution is -2.22. The number of benzene rings is 1. The minimum atomic E-state index is 0.207. The maximum Gasteiger partial charge on any atom is 0.0523 e. The molecule has 1 aliphatic rings.